The molecule has 3 aliphatic heterocycles. The largest absolute Gasteiger partial charge is 0.463 e. The van der Waals surface area contributed by atoms with Crippen LogP contribution in [0.2, 0.25) is 0 Å². The molecule has 5 heterocycles. The molecule has 3 N–H and O–H groups in total. The number of nitriles is 2. The first-order valence-electron chi connectivity index (χ1n) is 14.6. The summed E-state index contributed by atoms with van der Waals surface area (Å²) < 4.78 is 87.6. The number of alkyl halides is 3. The van der Waals surface area contributed by atoms with Crippen LogP contribution in [-0.4, -0.2) is 55.0 Å². The Kier molecular flexibility index (Phi) is 7.38. The van der Waals surface area contributed by atoms with E-state index < -0.39 is 39.9 Å². The summed E-state index contributed by atoms with van der Waals surface area (Å²) in [6.45, 7) is 1.53. The summed E-state index contributed by atoms with van der Waals surface area (Å²) in [7, 11) is 0. The summed E-state index contributed by atoms with van der Waals surface area (Å²) in [6.07, 6.45) is -2.63. The summed E-state index contributed by atoms with van der Waals surface area (Å²) in [5, 5.41) is 22.2. The molecule has 9 nitrogen and oxygen atoms in total. The lowest BCUT2D eigenvalue weighted by Gasteiger charge is -2.34. The fourth-order valence-electron chi connectivity index (χ4n) is 6.80. The van der Waals surface area contributed by atoms with Gasteiger partial charge in [-0.2, -0.15) is 33.7 Å². The molecule has 2 aromatic carbocycles. The Morgan fingerprint density at radius 3 is 2.59 bits per heavy atom. The number of piperazine rings is 1. The summed E-state index contributed by atoms with van der Waals surface area (Å²) in [4.78, 5) is 10.6. The minimum absolute atomic E-state index is 0.0221. The second kappa shape index (κ2) is 11.2. The van der Waals surface area contributed by atoms with Crippen LogP contribution in [0.25, 0.3) is 32.1 Å². The van der Waals surface area contributed by atoms with Gasteiger partial charge in [0, 0.05) is 60.0 Å². The van der Waals surface area contributed by atoms with Crippen molar-refractivity contribution in [3.05, 3.63) is 41.0 Å². The fraction of sp³-hybridized carbons (Fsp3) is 0.419. The number of thiophene rings is 1. The summed E-state index contributed by atoms with van der Waals surface area (Å²) in [6, 6.07) is 6.62. The minimum Gasteiger partial charge on any atom is -0.463 e. The Hall–Kier alpha value is -4.31. The SMILES string of the molecule is N#CCC1(COc2nc(N3CC4CCC(C3)N4)c3cc(C(F)(F)F)c(-c4ccc(F)c5sc(N)c(C#N)c45)c(F)c3n2)CCOC1. The summed E-state index contributed by atoms with van der Waals surface area (Å²) >= 11 is 0.699. The zero-order valence-electron chi connectivity index (χ0n) is 24.2. The monoisotopic (exact) mass is 655 g/mol. The van der Waals surface area contributed by atoms with Gasteiger partial charge < -0.3 is 25.4 Å². The van der Waals surface area contributed by atoms with E-state index in [2.05, 4.69) is 21.4 Å². The molecule has 0 spiro atoms. The topological polar surface area (TPSA) is 133 Å². The van der Waals surface area contributed by atoms with Gasteiger partial charge in [-0.15, -0.1) is 11.3 Å². The standard InChI is InChI=1S/C31H26F5N7O2S/c32-21-4-3-17(22-19(10-38)27(39)46-26(21)22)23-20(31(34,35)36)9-18-25(24(23)33)41-29(45-14-30(5-7-37)6-8-44-13-30)42-28(18)43-11-15-1-2-16(12-43)40-15/h3-4,9,15-16,40H,1-2,5-6,8,11-14,39H2. The molecule has 238 valence electrons. The van der Waals surface area contributed by atoms with Gasteiger partial charge in [0.1, 0.15) is 34.8 Å². The molecule has 46 heavy (non-hydrogen) atoms. The molecule has 3 aliphatic rings. The van der Waals surface area contributed by atoms with Crippen molar-refractivity contribution in [1.29, 1.82) is 10.5 Å². The third-order valence-corrected chi connectivity index (χ3v) is 10.1. The lowest BCUT2D eigenvalue weighted by Crippen LogP contribution is -2.51. The van der Waals surface area contributed by atoms with Gasteiger partial charge in [-0.05, 0) is 37.0 Å². The van der Waals surface area contributed by atoms with Crippen molar-refractivity contribution in [2.24, 2.45) is 5.41 Å². The molecule has 15 heteroatoms. The molecule has 0 amide bonds. The van der Waals surface area contributed by atoms with E-state index >= 15 is 4.39 Å². The number of ether oxygens (including phenoxy) is 2. The number of halogens is 5. The van der Waals surface area contributed by atoms with Gasteiger partial charge in [0.05, 0.1) is 28.5 Å². The van der Waals surface area contributed by atoms with Crippen molar-refractivity contribution in [2.45, 2.75) is 43.9 Å². The van der Waals surface area contributed by atoms with E-state index in [-0.39, 0.29) is 75.1 Å². The number of nitrogen functional groups attached to an aromatic ring is 1. The van der Waals surface area contributed by atoms with Crippen LogP contribution >= 0.6 is 11.3 Å². The summed E-state index contributed by atoms with van der Waals surface area (Å²) in [5.41, 5.74) is 2.07. The first-order valence-corrected chi connectivity index (χ1v) is 15.4. The van der Waals surface area contributed by atoms with E-state index in [0.29, 0.717) is 37.5 Å². The lowest BCUT2D eigenvalue weighted by atomic mass is 9.85. The summed E-state index contributed by atoms with van der Waals surface area (Å²) in [5.74, 6) is -2.04. The molecule has 0 radical (unpaired) electrons. The van der Waals surface area contributed by atoms with Gasteiger partial charge in [0.15, 0.2) is 5.82 Å². The highest BCUT2D eigenvalue weighted by atomic mass is 32.1. The van der Waals surface area contributed by atoms with Crippen LogP contribution in [0.4, 0.5) is 32.8 Å². The quantitative estimate of drug-likeness (QED) is 0.244. The zero-order chi connectivity index (χ0) is 32.4. The molecule has 7 rings (SSSR count). The van der Waals surface area contributed by atoms with Gasteiger partial charge in [0.2, 0.25) is 0 Å². The van der Waals surface area contributed by atoms with Crippen molar-refractivity contribution in [3.63, 3.8) is 0 Å². The lowest BCUT2D eigenvalue weighted by molar-refractivity contribution is -0.137. The van der Waals surface area contributed by atoms with Gasteiger partial charge in [-0.1, -0.05) is 6.07 Å². The number of anilines is 2. The molecule has 0 aliphatic carbocycles. The highest BCUT2D eigenvalue weighted by molar-refractivity contribution is 7.23. The number of hydrogen-bond donors (Lipinski definition) is 2. The first-order chi connectivity index (χ1) is 22.0. The molecule has 3 atom stereocenters. The average molecular weight is 656 g/mol. The first kappa shape index (κ1) is 30.3. The molecule has 2 bridgehead atoms. The van der Waals surface area contributed by atoms with Crippen LogP contribution in [0.15, 0.2) is 18.2 Å². The number of hydrogen-bond acceptors (Lipinski definition) is 10. The van der Waals surface area contributed by atoms with E-state index in [9.17, 15) is 28.1 Å². The second-order valence-electron chi connectivity index (χ2n) is 12.1. The van der Waals surface area contributed by atoms with Gasteiger partial charge in [0.25, 0.3) is 0 Å². The normalized spacial score (nSPS) is 22.8. The highest BCUT2D eigenvalue weighted by Gasteiger charge is 2.40. The smallest absolute Gasteiger partial charge is 0.417 e. The molecular weight excluding hydrogens is 629 g/mol. The molecule has 2 aromatic heterocycles. The Bertz CT molecular complexity index is 1950. The third kappa shape index (κ3) is 5.03. The molecular formula is C31H26F5N7O2S. The predicted molar refractivity (Wildman–Crippen MR) is 160 cm³/mol. The molecule has 3 saturated heterocycles. The van der Waals surface area contributed by atoms with Crippen molar-refractivity contribution < 1.29 is 31.4 Å². The second-order valence-corrected chi connectivity index (χ2v) is 13.1. The highest BCUT2D eigenvalue weighted by Crippen LogP contribution is 2.48. The minimum atomic E-state index is -5.06. The Morgan fingerprint density at radius 2 is 1.93 bits per heavy atom. The van der Waals surface area contributed by atoms with Crippen molar-refractivity contribution in [3.8, 4) is 29.3 Å². The number of aromatic nitrogens is 2. The number of nitrogens with zero attached hydrogens (tertiary/aromatic N) is 5. The number of rotatable bonds is 6. The Balaban J connectivity index is 1.47. The van der Waals surface area contributed by atoms with Crippen LogP contribution in [0, 0.1) is 39.7 Å². The van der Waals surface area contributed by atoms with Gasteiger partial charge in [-0.25, -0.2) is 8.78 Å². The molecule has 4 aromatic rings. The Morgan fingerprint density at radius 1 is 1.17 bits per heavy atom. The number of fused-ring (bicyclic) bond motifs is 4. The maximum atomic E-state index is 16.9. The van der Waals surface area contributed by atoms with Crippen LogP contribution in [0.5, 0.6) is 6.01 Å². The van der Waals surface area contributed by atoms with Crippen LogP contribution in [0.1, 0.15) is 36.8 Å². The van der Waals surface area contributed by atoms with Crippen molar-refractivity contribution in [2.75, 3.05) is 43.5 Å². The van der Waals surface area contributed by atoms with Crippen molar-refractivity contribution in [1.82, 2.24) is 15.3 Å². The zero-order valence-corrected chi connectivity index (χ0v) is 25.0. The van der Waals surface area contributed by atoms with E-state index in [0.717, 1.165) is 31.0 Å². The van der Waals surface area contributed by atoms with E-state index in [1.54, 1.807) is 0 Å². The van der Waals surface area contributed by atoms with Crippen LogP contribution in [0.3, 0.4) is 0 Å². The van der Waals surface area contributed by atoms with Crippen molar-refractivity contribution >= 4 is 43.1 Å². The van der Waals surface area contributed by atoms with Crippen LogP contribution < -0.4 is 20.7 Å². The fourth-order valence-corrected chi connectivity index (χ4v) is 7.75. The maximum absolute atomic E-state index is 16.9. The van der Waals surface area contributed by atoms with Gasteiger partial charge >= 0.3 is 12.2 Å². The molecule has 0 saturated carbocycles. The van der Waals surface area contributed by atoms with Gasteiger partial charge in [-0.3, -0.25) is 0 Å². The number of nitrogens with one attached hydrogen (secondary N) is 1. The van der Waals surface area contributed by atoms with Crippen LogP contribution in [-0.2, 0) is 10.9 Å². The van der Waals surface area contributed by atoms with E-state index in [1.807, 2.05) is 11.0 Å². The Labute approximate surface area is 263 Å². The molecule has 3 unspecified atom stereocenters. The number of benzene rings is 2. The third-order valence-electron chi connectivity index (χ3n) is 9.06. The number of nitrogens with two attached hydrogens (primary N) is 1. The predicted octanol–water partition coefficient (Wildman–Crippen LogP) is 5.90. The average Bonchev–Trinajstić information content (AvgIpc) is 3.72. The van der Waals surface area contributed by atoms with E-state index in [4.69, 9.17) is 15.2 Å². The molecule has 3 fully saturated rings. The van der Waals surface area contributed by atoms with E-state index in [1.165, 1.54) is 0 Å². The maximum Gasteiger partial charge on any atom is 0.417 e.